The van der Waals surface area contributed by atoms with E-state index in [1.807, 2.05) is 18.2 Å². The van der Waals surface area contributed by atoms with Crippen LogP contribution in [0.3, 0.4) is 0 Å². The van der Waals surface area contributed by atoms with Gasteiger partial charge in [0.05, 0.1) is 35.2 Å². The zero-order valence-electron chi connectivity index (χ0n) is 10.5. The number of ether oxygens (including phenoxy) is 1. The van der Waals surface area contributed by atoms with Gasteiger partial charge in [-0.2, -0.15) is 0 Å². The molecule has 0 amide bonds. The van der Waals surface area contributed by atoms with Crippen LogP contribution in [-0.4, -0.2) is 28.0 Å². The van der Waals surface area contributed by atoms with Gasteiger partial charge < -0.3 is 10.1 Å². The molecule has 0 fully saturated rings. The molecule has 0 spiro atoms. The van der Waals surface area contributed by atoms with Gasteiger partial charge in [-0.05, 0) is 18.2 Å². The van der Waals surface area contributed by atoms with Crippen LogP contribution in [0.2, 0.25) is 0 Å². The highest BCUT2D eigenvalue weighted by Gasteiger charge is 2.07. The molecular formula is C13H10N4O2S. The minimum absolute atomic E-state index is 0.177. The molecule has 100 valence electrons. The topological polar surface area (TPSA) is 77.0 Å². The second-order valence-corrected chi connectivity index (χ2v) is 4.82. The highest BCUT2D eigenvalue weighted by atomic mass is 32.1. The third-order valence-electron chi connectivity index (χ3n) is 2.65. The van der Waals surface area contributed by atoms with E-state index in [1.54, 1.807) is 16.8 Å². The number of thiazole rings is 1. The van der Waals surface area contributed by atoms with E-state index in [9.17, 15) is 4.79 Å². The van der Waals surface area contributed by atoms with E-state index < -0.39 is 5.97 Å². The van der Waals surface area contributed by atoms with Crippen molar-refractivity contribution in [1.29, 1.82) is 0 Å². The maximum absolute atomic E-state index is 11.2. The Morgan fingerprint density at radius 3 is 2.90 bits per heavy atom. The maximum atomic E-state index is 11.2. The SMILES string of the molecule is COC(=O)c1cnc(Nc2ccc3ncsc3c2)cn1. The first kappa shape index (κ1) is 12.5. The van der Waals surface area contributed by atoms with Crippen LogP contribution in [0.5, 0.6) is 0 Å². The van der Waals surface area contributed by atoms with Crippen LogP contribution in [0.25, 0.3) is 10.2 Å². The lowest BCUT2D eigenvalue weighted by Gasteiger charge is -2.05. The number of methoxy groups -OCH3 is 1. The molecule has 2 aromatic heterocycles. The summed E-state index contributed by atoms with van der Waals surface area (Å²) in [6.07, 6.45) is 2.86. The van der Waals surface area contributed by atoms with Gasteiger partial charge in [-0.3, -0.25) is 0 Å². The molecule has 0 unspecified atom stereocenters. The number of rotatable bonds is 3. The number of benzene rings is 1. The van der Waals surface area contributed by atoms with E-state index >= 15 is 0 Å². The van der Waals surface area contributed by atoms with Gasteiger partial charge in [-0.15, -0.1) is 11.3 Å². The van der Waals surface area contributed by atoms with Crippen LogP contribution in [0.4, 0.5) is 11.5 Å². The predicted molar refractivity (Wildman–Crippen MR) is 76.3 cm³/mol. The van der Waals surface area contributed by atoms with Crippen molar-refractivity contribution in [3.05, 3.63) is 41.8 Å². The molecular weight excluding hydrogens is 276 g/mol. The average Bonchev–Trinajstić information content (AvgIpc) is 2.95. The number of fused-ring (bicyclic) bond motifs is 1. The van der Waals surface area contributed by atoms with Crippen molar-refractivity contribution in [2.75, 3.05) is 12.4 Å². The lowest BCUT2D eigenvalue weighted by molar-refractivity contribution is 0.0593. The largest absolute Gasteiger partial charge is 0.464 e. The van der Waals surface area contributed by atoms with Crippen LogP contribution >= 0.6 is 11.3 Å². The Kier molecular flexibility index (Phi) is 3.26. The number of nitrogens with zero attached hydrogens (tertiary/aromatic N) is 3. The number of carbonyl (C=O) groups excluding carboxylic acids is 1. The molecule has 0 aliphatic heterocycles. The van der Waals surface area contributed by atoms with Crippen molar-refractivity contribution >= 4 is 39.0 Å². The van der Waals surface area contributed by atoms with Crippen molar-refractivity contribution in [2.24, 2.45) is 0 Å². The zero-order chi connectivity index (χ0) is 13.9. The average molecular weight is 286 g/mol. The fraction of sp³-hybridized carbons (Fsp3) is 0.0769. The quantitative estimate of drug-likeness (QED) is 0.746. The van der Waals surface area contributed by atoms with Gasteiger partial charge >= 0.3 is 5.97 Å². The number of aromatic nitrogens is 3. The van der Waals surface area contributed by atoms with Crippen LogP contribution in [0.1, 0.15) is 10.5 Å². The second kappa shape index (κ2) is 5.22. The summed E-state index contributed by atoms with van der Waals surface area (Å²) in [6, 6.07) is 5.84. The lowest BCUT2D eigenvalue weighted by atomic mass is 10.3. The Labute approximate surface area is 118 Å². The van der Waals surface area contributed by atoms with Crippen molar-refractivity contribution in [2.45, 2.75) is 0 Å². The minimum Gasteiger partial charge on any atom is -0.464 e. The Bertz CT molecular complexity index is 754. The summed E-state index contributed by atoms with van der Waals surface area (Å²) in [4.78, 5) is 23.6. The normalized spacial score (nSPS) is 10.4. The van der Waals surface area contributed by atoms with E-state index in [-0.39, 0.29) is 5.69 Å². The van der Waals surface area contributed by atoms with Crippen LogP contribution in [-0.2, 0) is 4.74 Å². The summed E-state index contributed by atoms with van der Waals surface area (Å²) >= 11 is 1.57. The predicted octanol–water partition coefficient (Wildman–Crippen LogP) is 2.62. The molecule has 0 aliphatic carbocycles. The number of hydrogen-bond acceptors (Lipinski definition) is 7. The summed E-state index contributed by atoms with van der Waals surface area (Å²) in [6.45, 7) is 0. The molecule has 0 atom stereocenters. The summed E-state index contributed by atoms with van der Waals surface area (Å²) < 4.78 is 5.66. The van der Waals surface area contributed by atoms with Crippen molar-refractivity contribution in [3.63, 3.8) is 0 Å². The lowest BCUT2D eigenvalue weighted by Crippen LogP contribution is -2.05. The first-order valence-electron chi connectivity index (χ1n) is 5.77. The number of carbonyl (C=O) groups is 1. The minimum atomic E-state index is -0.505. The van der Waals surface area contributed by atoms with Crippen molar-refractivity contribution < 1.29 is 9.53 Å². The van der Waals surface area contributed by atoms with Gasteiger partial charge in [-0.1, -0.05) is 0 Å². The number of nitrogens with one attached hydrogen (secondary N) is 1. The molecule has 0 saturated carbocycles. The van der Waals surface area contributed by atoms with Crippen LogP contribution < -0.4 is 5.32 Å². The Morgan fingerprint density at radius 1 is 1.25 bits per heavy atom. The van der Waals surface area contributed by atoms with Gasteiger partial charge in [0, 0.05) is 5.69 Å². The van der Waals surface area contributed by atoms with Gasteiger partial charge in [-0.25, -0.2) is 19.7 Å². The molecule has 1 aromatic carbocycles. The number of esters is 1. The van der Waals surface area contributed by atoms with Crippen LogP contribution in [0.15, 0.2) is 36.1 Å². The maximum Gasteiger partial charge on any atom is 0.358 e. The Hall–Kier alpha value is -2.54. The monoisotopic (exact) mass is 286 g/mol. The number of hydrogen-bond donors (Lipinski definition) is 1. The fourth-order valence-electron chi connectivity index (χ4n) is 1.68. The van der Waals surface area contributed by atoms with Crippen LogP contribution in [0, 0.1) is 0 Å². The summed E-state index contributed by atoms with van der Waals surface area (Å²) in [7, 11) is 1.31. The molecule has 6 nitrogen and oxygen atoms in total. The van der Waals surface area contributed by atoms with Gasteiger partial charge in [0.25, 0.3) is 0 Å². The van der Waals surface area contributed by atoms with E-state index in [1.165, 1.54) is 19.5 Å². The third kappa shape index (κ3) is 2.43. The van der Waals surface area contributed by atoms with Crippen molar-refractivity contribution in [1.82, 2.24) is 15.0 Å². The van der Waals surface area contributed by atoms with Gasteiger partial charge in [0.15, 0.2) is 5.69 Å². The van der Waals surface area contributed by atoms with E-state index in [0.717, 1.165) is 15.9 Å². The molecule has 0 saturated heterocycles. The fourth-order valence-corrected chi connectivity index (χ4v) is 2.40. The molecule has 0 bridgehead atoms. The van der Waals surface area contributed by atoms with E-state index in [2.05, 4.69) is 25.0 Å². The first-order chi connectivity index (χ1) is 9.76. The van der Waals surface area contributed by atoms with E-state index in [0.29, 0.717) is 5.82 Å². The molecule has 20 heavy (non-hydrogen) atoms. The standard InChI is InChI=1S/C13H10N4O2S/c1-19-13(18)10-5-15-12(6-14-10)17-8-2-3-9-11(4-8)20-7-16-9/h2-7H,1H3,(H,15,17). The zero-order valence-corrected chi connectivity index (χ0v) is 11.3. The smallest absolute Gasteiger partial charge is 0.358 e. The highest BCUT2D eigenvalue weighted by Crippen LogP contribution is 2.23. The first-order valence-corrected chi connectivity index (χ1v) is 6.65. The summed E-state index contributed by atoms with van der Waals surface area (Å²) in [5.41, 5.74) is 3.84. The molecule has 7 heteroatoms. The summed E-state index contributed by atoms with van der Waals surface area (Å²) in [5.74, 6) is 0.0525. The molecule has 2 heterocycles. The van der Waals surface area contributed by atoms with E-state index in [4.69, 9.17) is 0 Å². The molecule has 3 aromatic rings. The van der Waals surface area contributed by atoms with Gasteiger partial charge in [0.2, 0.25) is 0 Å². The summed E-state index contributed by atoms with van der Waals surface area (Å²) in [5, 5.41) is 3.12. The second-order valence-electron chi connectivity index (χ2n) is 3.94. The molecule has 0 aliphatic rings. The molecule has 3 rings (SSSR count). The highest BCUT2D eigenvalue weighted by molar-refractivity contribution is 7.16. The Balaban J connectivity index is 1.81. The molecule has 0 radical (unpaired) electrons. The molecule has 1 N–H and O–H groups in total. The van der Waals surface area contributed by atoms with Crippen molar-refractivity contribution in [3.8, 4) is 0 Å². The Morgan fingerprint density at radius 2 is 2.15 bits per heavy atom. The van der Waals surface area contributed by atoms with Gasteiger partial charge in [0.1, 0.15) is 5.82 Å². The number of anilines is 2. The third-order valence-corrected chi connectivity index (χ3v) is 3.44.